The van der Waals surface area contributed by atoms with E-state index in [1.807, 2.05) is 0 Å². The highest BCUT2D eigenvalue weighted by Crippen LogP contribution is 2.29. The van der Waals surface area contributed by atoms with Crippen LogP contribution in [0, 0.1) is 5.82 Å². The van der Waals surface area contributed by atoms with Gasteiger partial charge in [0, 0.05) is 6.20 Å². The molecule has 0 amide bonds. The van der Waals surface area contributed by atoms with Gasteiger partial charge < -0.3 is 11.1 Å². The first-order valence-electron chi connectivity index (χ1n) is 5.32. The van der Waals surface area contributed by atoms with Gasteiger partial charge in [0.2, 0.25) is 0 Å². The Bertz CT molecular complexity index is 673. The molecule has 0 saturated carbocycles. The highest BCUT2D eigenvalue weighted by Gasteiger charge is 2.31. The summed E-state index contributed by atoms with van der Waals surface area (Å²) in [5, 5.41) is 9.77. The van der Waals surface area contributed by atoms with Crippen molar-refractivity contribution in [3.05, 3.63) is 42.0 Å². The fourth-order valence-corrected chi connectivity index (χ4v) is 1.98. The number of hydrogen-bond acceptors (Lipinski definition) is 5. The van der Waals surface area contributed by atoms with E-state index in [1.54, 1.807) is 24.4 Å². The van der Waals surface area contributed by atoms with E-state index in [1.165, 1.54) is 6.07 Å². The molecular weight excluding hydrogens is 235 g/mol. The van der Waals surface area contributed by atoms with Gasteiger partial charge in [0.15, 0.2) is 11.6 Å². The van der Waals surface area contributed by atoms with E-state index in [4.69, 9.17) is 11.5 Å². The molecule has 1 aromatic carbocycles. The highest BCUT2D eigenvalue weighted by atomic mass is 19.1. The third-order valence-corrected chi connectivity index (χ3v) is 2.80. The molecule has 1 aliphatic rings. The average Bonchev–Trinajstić information content (AvgIpc) is 2.74. The fraction of sp³-hybridized carbons (Fsp3) is 0.0909. The summed E-state index contributed by atoms with van der Waals surface area (Å²) in [6, 6.07) is 4.63. The normalized spacial score (nSPS) is 22.9. The number of aromatic amines is 1. The van der Waals surface area contributed by atoms with Gasteiger partial charge in [0.05, 0.1) is 16.6 Å². The van der Waals surface area contributed by atoms with Crippen molar-refractivity contribution >= 4 is 16.9 Å². The molecule has 6 N–H and O–H groups in total. The average molecular weight is 246 g/mol. The summed E-state index contributed by atoms with van der Waals surface area (Å²) < 4.78 is 13.9. The molecule has 1 aliphatic heterocycles. The Balaban J connectivity index is 2.27. The molecule has 1 unspecified atom stereocenters. The number of nitrogens with zero attached hydrogens (tertiary/aromatic N) is 2. The van der Waals surface area contributed by atoms with Crippen LogP contribution in [0.1, 0.15) is 5.69 Å². The first-order valence-corrected chi connectivity index (χ1v) is 5.32. The van der Waals surface area contributed by atoms with Crippen LogP contribution in [-0.2, 0) is 5.66 Å². The van der Waals surface area contributed by atoms with Crippen LogP contribution in [0.15, 0.2) is 35.5 Å². The zero-order chi connectivity index (χ0) is 12.8. The SMILES string of the molecule is NC1=NC(N)(c2[nH]nc3cccc(F)c23)C=CN1. The van der Waals surface area contributed by atoms with Gasteiger partial charge in [-0.1, -0.05) is 6.07 Å². The molecule has 2 heterocycles. The minimum Gasteiger partial charge on any atom is -0.370 e. The van der Waals surface area contributed by atoms with Crippen molar-refractivity contribution in [2.24, 2.45) is 16.5 Å². The van der Waals surface area contributed by atoms with E-state index in [0.29, 0.717) is 16.6 Å². The quantitative estimate of drug-likeness (QED) is 0.578. The van der Waals surface area contributed by atoms with E-state index in [9.17, 15) is 4.39 Å². The number of nitrogens with one attached hydrogen (secondary N) is 2. The molecule has 0 fully saturated rings. The smallest absolute Gasteiger partial charge is 0.195 e. The number of guanidine groups is 1. The van der Waals surface area contributed by atoms with Crippen LogP contribution in [0.5, 0.6) is 0 Å². The predicted octanol–water partition coefficient (Wildman–Crippen LogP) is 0.245. The number of nitrogens with two attached hydrogens (primary N) is 2. The van der Waals surface area contributed by atoms with Crippen LogP contribution < -0.4 is 16.8 Å². The number of halogens is 1. The number of aromatic nitrogens is 2. The zero-order valence-corrected chi connectivity index (χ0v) is 9.31. The number of fused-ring (bicyclic) bond motifs is 1. The van der Waals surface area contributed by atoms with Gasteiger partial charge in [0.1, 0.15) is 5.82 Å². The maximum atomic E-state index is 13.9. The number of hydrogen-bond donors (Lipinski definition) is 4. The summed E-state index contributed by atoms with van der Waals surface area (Å²) in [5.74, 6) is -0.235. The summed E-state index contributed by atoms with van der Waals surface area (Å²) in [6.45, 7) is 0. The number of aliphatic imine (C=N–C) groups is 1. The summed E-state index contributed by atoms with van der Waals surface area (Å²) in [6.07, 6.45) is 3.15. The molecule has 2 aromatic rings. The Morgan fingerprint density at radius 1 is 1.33 bits per heavy atom. The molecule has 3 rings (SSSR count). The molecule has 6 nitrogen and oxygen atoms in total. The van der Waals surface area contributed by atoms with Crippen molar-refractivity contribution in [2.75, 3.05) is 0 Å². The molecule has 7 heteroatoms. The van der Waals surface area contributed by atoms with Crippen molar-refractivity contribution in [1.82, 2.24) is 15.5 Å². The maximum absolute atomic E-state index is 13.9. The summed E-state index contributed by atoms with van der Waals surface area (Å²) >= 11 is 0. The third kappa shape index (κ3) is 1.45. The highest BCUT2D eigenvalue weighted by molar-refractivity contribution is 5.85. The van der Waals surface area contributed by atoms with Crippen molar-refractivity contribution in [3.63, 3.8) is 0 Å². The van der Waals surface area contributed by atoms with E-state index in [0.717, 1.165) is 0 Å². The minimum absolute atomic E-state index is 0.166. The first kappa shape index (κ1) is 10.7. The second-order valence-corrected chi connectivity index (χ2v) is 4.03. The Morgan fingerprint density at radius 2 is 2.17 bits per heavy atom. The van der Waals surface area contributed by atoms with Crippen LogP contribution in [-0.4, -0.2) is 16.2 Å². The third-order valence-electron chi connectivity index (χ3n) is 2.80. The Hall–Kier alpha value is -2.41. The van der Waals surface area contributed by atoms with Crippen LogP contribution in [0.3, 0.4) is 0 Å². The van der Waals surface area contributed by atoms with Crippen LogP contribution >= 0.6 is 0 Å². The molecule has 1 aromatic heterocycles. The lowest BCUT2D eigenvalue weighted by molar-refractivity contribution is 0.559. The lowest BCUT2D eigenvalue weighted by atomic mass is 10.0. The molecule has 0 saturated heterocycles. The van der Waals surface area contributed by atoms with Crippen molar-refractivity contribution in [3.8, 4) is 0 Å². The standard InChI is InChI=1S/C11H11FN6/c12-6-2-1-3-7-8(6)9(18-17-7)11(14)4-5-15-10(13)16-11/h1-5H,14H2,(H,17,18)(H3,13,15,16). The molecule has 0 radical (unpaired) electrons. The largest absolute Gasteiger partial charge is 0.370 e. The van der Waals surface area contributed by atoms with Gasteiger partial charge in [-0.25, -0.2) is 9.38 Å². The Labute approximate surface area is 102 Å². The minimum atomic E-state index is -1.24. The lowest BCUT2D eigenvalue weighted by Crippen LogP contribution is -2.42. The predicted molar refractivity (Wildman–Crippen MR) is 65.8 cm³/mol. The van der Waals surface area contributed by atoms with E-state index in [2.05, 4.69) is 20.5 Å². The molecule has 0 bridgehead atoms. The first-order chi connectivity index (χ1) is 8.60. The van der Waals surface area contributed by atoms with Gasteiger partial charge >= 0.3 is 0 Å². The number of benzene rings is 1. The molecular formula is C11H11FN6. The molecule has 1 atom stereocenters. The van der Waals surface area contributed by atoms with Gasteiger partial charge in [-0.2, -0.15) is 5.10 Å². The number of H-pyrrole nitrogens is 1. The summed E-state index contributed by atoms with van der Waals surface area (Å²) in [4.78, 5) is 4.08. The molecule has 18 heavy (non-hydrogen) atoms. The monoisotopic (exact) mass is 246 g/mol. The second kappa shape index (κ2) is 3.54. The summed E-state index contributed by atoms with van der Waals surface area (Å²) in [7, 11) is 0. The van der Waals surface area contributed by atoms with Gasteiger partial charge in [-0.3, -0.25) is 10.8 Å². The van der Waals surface area contributed by atoms with E-state index >= 15 is 0 Å². The Kier molecular flexibility index (Phi) is 2.11. The second-order valence-electron chi connectivity index (χ2n) is 4.03. The van der Waals surface area contributed by atoms with Gasteiger partial charge in [-0.15, -0.1) is 0 Å². The molecule has 0 spiro atoms. The van der Waals surface area contributed by atoms with E-state index in [-0.39, 0.29) is 5.96 Å². The van der Waals surface area contributed by atoms with Crippen LogP contribution in [0.2, 0.25) is 0 Å². The van der Waals surface area contributed by atoms with Gasteiger partial charge in [0.25, 0.3) is 0 Å². The maximum Gasteiger partial charge on any atom is 0.195 e. The van der Waals surface area contributed by atoms with Crippen molar-refractivity contribution in [1.29, 1.82) is 0 Å². The molecule has 0 aliphatic carbocycles. The lowest BCUT2D eigenvalue weighted by Gasteiger charge is -2.24. The van der Waals surface area contributed by atoms with Crippen molar-refractivity contribution < 1.29 is 4.39 Å². The van der Waals surface area contributed by atoms with Crippen molar-refractivity contribution in [2.45, 2.75) is 5.66 Å². The Morgan fingerprint density at radius 3 is 2.94 bits per heavy atom. The summed E-state index contributed by atoms with van der Waals surface area (Å²) in [5.41, 5.74) is 11.3. The zero-order valence-electron chi connectivity index (χ0n) is 9.31. The van der Waals surface area contributed by atoms with Crippen LogP contribution in [0.4, 0.5) is 4.39 Å². The fourth-order valence-electron chi connectivity index (χ4n) is 1.98. The van der Waals surface area contributed by atoms with Crippen LogP contribution in [0.25, 0.3) is 10.9 Å². The van der Waals surface area contributed by atoms with E-state index < -0.39 is 11.5 Å². The topological polar surface area (TPSA) is 105 Å². The van der Waals surface area contributed by atoms with Gasteiger partial charge in [-0.05, 0) is 18.2 Å². The molecule has 92 valence electrons. The number of rotatable bonds is 1.